The maximum Gasteiger partial charge on any atom is 0.297 e. The van der Waals surface area contributed by atoms with Gasteiger partial charge >= 0.3 is 0 Å². The second kappa shape index (κ2) is 11.0. The van der Waals surface area contributed by atoms with E-state index in [-0.39, 0.29) is 11.5 Å². The topological polar surface area (TPSA) is 55.8 Å². The lowest BCUT2D eigenvalue weighted by molar-refractivity contribution is -0.0687. The van der Waals surface area contributed by atoms with E-state index in [4.69, 9.17) is 8.92 Å². The van der Waals surface area contributed by atoms with Crippen LogP contribution in [0.4, 0.5) is 0 Å². The molecule has 1 heterocycles. The van der Waals surface area contributed by atoms with Gasteiger partial charge in [-0.2, -0.15) is 8.42 Å². The molecule has 4 aromatic carbocycles. The van der Waals surface area contributed by atoms with Crippen molar-refractivity contribution in [3.63, 3.8) is 0 Å². The molecule has 1 atom stereocenters. The average molecular weight is 514 g/mol. The van der Waals surface area contributed by atoms with Crippen LogP contribution in [0.1, 0.15) is 22.3 Å². The molecular weight excluding hydrogens is 482 g/mol. The van der Waals surface area contributed by atoms with E-state index in [0.717, 1.165) is 22.3 Å². The molecular formula is C31H31NO4S. The third kappa shape index (κ3) is 5.24. The van der Waals surface area contributed by atoms with Crippen molar-refractivity contribution < 1.29 is 17.3 Å². The van der Waals surface area contributed by atoms with Gasteiger partial charge in [0, 0.05) is 13.1 Å². The summed E-state index contributed by atoms with van der Waals surface area (Å²) in [6.07, 6.45) is -0.413. The minimum absolute atomic E-state index is 0.0544. The summed E-state index contributed by atoms with van der Waals surface area (Å²) in [5.74, 6) is 0. The van der Waals surface area contributed by atoms with Crippen molar-refractivity contribution in [2.24, 2.45) is 0 Å². The van der Waals surface area contributed by atoms with Gasteiger partial charge in [0.15, 0.2) is 0 Å². The molecule has 0 bridgehead atoms. The van der Waals surface area contributed by atoms with Gasteiger partial charge in [0.05, 0.1) is 29.8 Å². The Morgan fingerprint density at radius 1 is 0.784 bits per heavy atom. The summed E-state index contributed by atoms with van der Waals surface area (Å²) >= 11 is 0. The van der Waals surface area contributed by atoms with Crippen LogP contribution < -0.4 is 0 Å². The highest BCUT2D eigenvalue weighted by Crippen LogP contribution is 2.43. The number of benzene rings is 4. The first kappa shape index (κ1) is 25.4. The first-order valence-electron chi connectivity index (χ1n) is 12.5. The van der Waals surface area contributed by atoms with Gasteiger partial charge in [-0.1, -0.05) is 109 Å². The van der Waals surface area contributed by atoms with E-state index in [1.165, 1.54) is 0 Å². The van der Waals surface area contributed by atoms with E-state index in [9.17, 15) is 8.42 Å². The molecule has 0 saturated carbocycles. The minimum Gasteiger partial charge on any atom is -0.373 e. The molecule has 1 unspecified atom stereocenters. The molecule has 0 aromatic heterocycles. The van der Waals surface area contributed by atoms with Crippen LogP contribution in [0, 0.1) is 6.92 Å². The molecule has 0 radical (unpaired) electrons. The molecule has 37 heavy (non-hydrogen) atoms. The Balaban J connectivity index is 1.50. The van der Waals surface area contributed by atoms with Crippen LogP contribution >= 0.6 is 0 Å². The van der Waals surface area contributed by atoms with E-state index < -0.39 is 21.8 Å². The van der Waals surface area contributed by atoms with Gasteiger partial charge in [-0.05, 0) is 35.7 Å². The maximum absolute atomic E-state index is 12.8. The summed E-state index contributed by atoms with van der Waals surface area (Å²) in [6, 6.07) is 38.0. The number of nitrogens with zero attached hydrogens (tertiary/aromatic N) is 1. The fourth-order valence-corrected chi connectivity index (χ4v) is 6.09. The van der Waals surface area contributed by atoms with Crippen molar-refractivity contribution in [3.05, 3.63) is 138 Å². The monoisotopic (exact) mass is 513 g/mol. The Morgan fingerprint density at radius 2 is 1.27 bits per heavy atom. The molecule has 0 spiro atoms. The number of aryl methyl sites for hydroxylation is 1. The second-order valence-corrected chi connectivity index (χ2v) is 10.9. The van der Waals surface area contributed by atoms with Crippen molar-refractivity contribution in [2.45, 2.75) is 23.5 Å². The summed E-state index contributed by atoms with van der Waals surface area (Å²) in [4.78, 5) is 2.54. The SMILES string of the molecule is Cc1ccc(S(=O)(=O)OCC2CN(C(c3ccccc3)(c3ccccc3)c3ccccc3)CCO2)cc1. The van der Waals surface area contributed by atoms with Gasteiger partial charge in [0.2, 0.25) is 0 Å². The Bertz CT molecular complexity index is 1300. The average Bonchev–Trinajstić information content (AvgIpc) is 2.95. The Kier molecular flexibility index (Phi) is 7.53. The summed E-state index contributed by atoms with van der Waals surface area (Å²) in [6.45, 7) is 3.51. The van der Waals surface area contributed by atoms with Crippen molar-refractivity contribution in [3.8, 4) is 0 Å². The zero-order valence-corrected chi connectivity index (χ0v) is 21.7. The van der Waals surface area contributed by atoms with Crippen LogP contribution in [-0.4, -0.2) is 45.7 Å². The van der Waals surface area contributed by atoms with Crippen molar-refractivity contribution >= 4 is 10.1 Å². The highest BCUT2D eigenvalue weighted by atomic mass is 32.2. The zero-order valence-electron chi connectivity index (χ0n) is 20.9. The fourth-order valence-electron chi connectivity index (χ4n) is 5.15. The van der Waals surface area contributed by atoms with Crippen molar-refractivity contribution in [1.82, 2.24) is 4.90 Å². The largest absolute Gasteiger partial charge is 0.373 e. The van der Waals surface area contributed by atoms with E-state index in [2.05, 4.69) is 77.7 Å². The minimum atomic E-state index is -3.88. The summed E-state index contributed by atoms with van der Waals surface area (Å²) in [7, 11) is -3.88. The number of ether oxygens (including phenoxy) is 1. The van der Waals surface area contributed by atoms with E-state index in [1.54, 1.807) is 24.3 Å². The molecule has 5 rings (SSSR count). The number of hydrogen-bond acceptors (Lipinski definition) is 5. The third-order valence-corrected chi connectivity index (χ3v) is 8.20. The maximum atomic E-state index is 12.8. The molecule has 0 aliphatic carbocycles. The molecule has 1 aliphatic rings. The smallest absolute Gasteiger partial charge is 0.297 e. The van der Waals surface area contributed by atoms with Crippen molar-refractivity contribution in [2.75, 3.05) is 26.3 Å². The molecule has 0 N–H and O–H groups in total. The first-order chi connectivity index (χ1) is 18.0. The standard InChI is InChI=1S/C31H31NO4S/c1-25-17-19-30(20-18-25)37(33,34)36-24-29-23-32(21-22-35-29)31(26-11-5-2-6-12-26,27-13-7-3-8-14-27)28-15-9-4-10-16-28/h2-20,29H,21-24H2,1H3. The lowest BCUT2D eigenvalue weighted by atomic mass is 9.75. The molecule has 1 saturated heterocycles. The quantitative estimate of drug-likeness (QED) is 0.234. The molecule has 6 heteroatoms. The molecule has 0 amide bonds. The molecule has 1 fully saturated rings. The van der Waals surface area contributed by atoms with Crippen LogP contribution in [0.3, 0.4) is 0 Å². The zero-order chi connectivity index (χ0) is 25.7. The van der Waals surface area contributed by atoms with E-state index >= 15 is 0 Å². The Morgan fingerprint density at radius 3 is 1.76 bits per heavy atom. The van der Waals surface area contributed by atoms with Gasteiger partial charge in [-0.15, -0.1) is 0 Å². The van der Waals surface area contributed by atoms with Crippen molar-refractivity contribution in [1.29, 1.82) is 0 Å². The lowest BCUT2D eigenvalue weighted by Crippen LogP contribution is -2.56. The highest BCUT2D eigenvalue weighted by molar-refractivity contribution is 7.86. The normalized spacial score (nSPS) is 16.9. The van der Waals surface area contributed by atoms with Crippen LogP contribution in [0.25, 0.3) is 0 Å². The summed E-state index contributed by atoms with van der Waals surface area (Å²) in [5.41, 5.74) is 3.83. The predicted molar refractivity (Wildman–Crippen MR) is 145 cm³/mol. The Hall–Kier alpha value is -3.29. The number of rotatable bonds is 8. The molecule has 190 valence electrons. The Labute approximate surface area is 219 Å². The van der Waals surface area contributed by atoms with E-state index in [0.29, 0.717) is 19.7 Å². The van der Waals surface area contributed by atoms with Gasteiger partial charge in [-0.3, -0.25) is 9.08 Å². The van der Waals surface area contributed by atoms with Gasteiger partial charge in [0.1, 0.15) is 0 Å². The number of hydrogen-bond donors (Lipinski definition) is 0. The molecule has 5 nitrogen and oxygen atoms in total. The first-order valence-corrected chi connectivity index (χ1v) is 13.9. The van der Waals surface area contributed by atoms with Crippen LogP contribution in [0.2, 0.25) is 0 Å². The van der Waals surface area contributed by atoms with Gasteiger partial charge in [-0.25, -0.2) is 0 Å². The van der Waals surface area contributed by atoms with Crippen LogP contribution in [0.15, 0.2) is 120 Å². The third-order valence-electron chi connectivity index (χ3n) is 6.91. The number of morpholine rings is 1. The van der Waals surface area contributed by atoms with E-state index in [1.807, 2.05) is 25.1 Å². The molecule has 1 aliphatic heterocycles. The summed E-state index contributed by atoms with van der Waals surface area (Å²) < 4.78 is 37.2. The summed E-state index contributed by atoms with van der Waals surface area (Å²) in [5, 5.41) is 0. The predicted octanol–water partition coefficient (Wildman–Crippen LogP) is 5.39. The lowest BCUT2D eigenvalue weighted by Gasteiger charge is -2.48. The van der Waals surface area contributed by atoms with Crippen LogP contribution in [-0.2, 0) is 24.6 Å². The van der Waals surface area contributed by atoms with Crippen LogP contribution in [0.5, 0.6) is 0 Å². The highest BCUT2D eigenvalue weighted by Gasteiger charge is 2.44. The van der Waals surface area contributed by atoms with Gasteiger partial charge < -0.3 is 4.74 Å². The molecule has 4 aromatic rings. The van der Waals surface area contributed by atoms with Gasteiger partial charge in [0.25, 0.3) is 10.1 Å². The second-order valence-electron chi connectivity index (χ2n) is 9.30. The fraction of sp³-hybridized carbons (Fsp3) is 0.226.